The van der Waals surface area contributed by atoms with Gasteiger partial charge in [-0.3, -0.25) is 0 Å². The lowest BCUT2D eigenvalue weighted by molar-refractivity contribution is 0.893. The van der Waals surface area contributed by atoms with E-state index in [4.69, 9.17) is 11.6 Å². The third-order valence-corrected chi connectivity index (χ3v) is 1.98. The maximum Gasteiger partial charge on any atom is 0.156 e. The van der Waals surface area contributed by atoms with E-state index in [2.05, 4.69) is 10.1 Å². The average molecular weight is 182 g/mol. The Bertz CT molecular complexity index is 433. The highest BCUT2D eigenvalue weighted by Gasteiger charge is 2.03. The molecule has 0 bridgehead atoms. The number of imidazole rings is 1. The summed E-state index contributed by atoms with van der Waals surface area (Å²) in [5.41, 5.74) is 2.91. The summed E-state index contributed by atoms with van der Waals surface area (Å²) in [4.78, 5) is 4.20. The molecule has 2 rings (SSSR count). The SMILES string of the molecule is Cc1cc(Cl)nn2c(C)cnc12. The summed E-state index contributed by atoms with van der Waals surface area (Å²) >= 11 is 5.79. The van der Waals surface area contributed by atoms with Gasteiger partial charge >= 0.3 is 0 Å². The highest BCUT2D eigenvalue weighted by Crippen LogP contribution is 2.13. The van der Waals surface area contributed by atoms with Crippen molar-refractivity contribution in [2.24, 2.45) is 0 Å². The van der Waals surface area contributed by atoms with Crippen LogP contribution in [-0.2, 0) is 0 Å². The minimum atomic E-state index is 0.501. The molecule has 0 amide bonds. The van der Waals surface area contributed by atoms with Crippen LogP contribution >= 0.6 is 11.6 Å². The zero-order valence-corrected chi connectivity index (χ0v) is 7.63. The van der Waals surface area contributed by atoms with Crippen LogP contribution in [0.5, 0.6) is 0 Å². The summed E-state index contributed by atoms with van der Waals surface area (Å²) in [6, 6.07) is 1.81. The van der Waals surface area contributed by atoms with Crippen LogP contribution in [0, 0.1) is 13.8 Å². The number of halogens is 1. The van der Waals surface area contributed by atoms with Crippen LogP contribution in [0.4, 0.5) is 0 Å². The molecule has 0 aliphatic rings. The maximum atomic E-state index is 5.79. The molecule has 0 spiro atoms. The summed E-state index contributed by atoms with van der Waals surface area (Å²) in [5.74, 6) is 0. The zero-order valence-electron chi connectivity index (χ0n) is 6.87. The smallest absolute Gasteiger partial charge is 0.156 e. The summed E-state index contributed by atoms with van der Waals surface area (Å²) in [6.07, 6.45) is 1.78. The molecular weight excluding hydrogens is 174 g/mol. The van der Waals surface area contributed by atoms with Gasteiger partial charge in [0.2, 0.25) is 0 Å². The van der Waals surface area contributed by atoms with E-state index in [-0.39, 0.29) is 0 Å². The van der Waals surface area contributed by atoms with Gasteiger partial charge in [-0.1, -0.05) is 11.6 Å². The van der Waals surface area contributed by atoms with Crippen LogP contribution in [0.25, 0.3) is 5.65 Å². The van der Waals surface area contributed by atoms with Crippen molar-refractivity contribution in [3.8, 4) is 0 Å². The molecule has 2 heterocycles. The fourth-order valence-corrected chi connectivity index (χ4v) is 1.43. The van der Waals surface area contributed by atoms with Crippen molar-refractivity contribution >= 4 is 17.2 Å². The van der Waals surface area contributed by atoms with E-state index >= 15 is 0 Å². The normalized spacial score (nSPS) is 10.9. The third-order valence-electron chi connectivity index (χ3n) is 1.79. The van der Waals surface area contributed by atoms with Gasteiger partial charge in [-0.2, -0.15) is 5.10 Å². The maximum absolute atomic E-state index is 5.79. The van der Waals surface area contributed by atoms with Crippen molar-refractivity contribution in [1.82, 2.24) is 14.6 Å². The van der Waals surface area contributed by atoms with Crippen molar-refractivity contribution in [3.63, 3.8) is 0 Å². The van der Waals surface area contributed by atoms with Crippen LogP contribution in [0.2, 0.25) is 5.15 Å². The van der Waals surface area contributed by atoms with Crippen molar-refractivity contribution in [3.05, 3.63) is 28.7 Å². The van der Waals surface area contributed by atoms with Gasteiger partial charge in [-0.15, -0.1) is 0 Å². The van der Waals surface area contributed by atoms with Gasteiger partial charge < -0.3 is 0 Å². The molecule has 3 nitrogen and oxygen atoms in total. The Balaban J connectivity index is 2.92. The Morgan fingerprint density at radius 1 is 1.42 bits per heavy atom. The standard InChI is InChI=1S/C8H8ClN3/c1-5-3-7(9)11-12-6(2)4-10-8(5)12/h3-4H,1-2H3. The number of fused-ring (bicyclic) bond motifs is 1. The van der Waals surface area contributed by atoms with Crippen molar-refractivity contribution in [2.45, 2.75) is 13.8 Å². The number of rotatable bonds is 0. The van der Waals surface area contributed by atoms with Gasteiger partial charge in [0.05, 0.1) is 11.9 Å². The van der Waals surface area contributed by atoms with Crippen molar-refractivity contribution < 1.29 is 0 Å². The summed E-state index contributed by atoms with van der Waals surface area (Å²) < 4.78 is 1.75. The second-order valence-corrected chi connectivity index (χ2v) is 3.17. The Labute approximate surface area is 75.0 Å². The highest BCUT2D eigenvalue weighted by molar-refractivity contribution is 6.29. The highest BCUT2D eigenvalue weighted by atomic mass is 35.5. The molecule has 0 saturated carbocycles. The van der Waals surface area contributed by atoms with E-state index < -0.39 is 0 Å². The topological polar surface area (TPSA) is 30.2 Å². The fourth-order valence-electron chi connectivity index (χ4n) is 1.19. The molecule has 12 heavy (non-hydrogen) atoms. The second kappa shape index (κ2) is 2.45. The minimum Gasteiger partial charge on any atom is -0.235 e. The Morgan fingerprint density at radius 2 is 2.17 bits per heavy atom. The predicted octanol–water partition coefficient (Wildman–Crippen LogP) is 2.00. The molecule has 0 atom stereocenters. The van der Waals surface area contributed by atoms with Crippen LogP contribution in [0.3, 0.4) is 0 Å². The van der Waals surface area contributed by atoms with Crippen molar-refractivity contribution in [2.75, 3.05) is 0 Å². The summed E-state index contributed by atoms with van der Waals surface area (Å²) in [5, 5.41) is 4.62. The first-order valence-corrected chi connectivity index (χ1v) is 4.04. The molecule has 62 valence electrons. The molecule has 0 radical (unpaired) electrons. The third kappa shape index (κ3) is 0.975. The number of hydrogen-bond acceptors (Lipinski definition) is 2. The quantitative estimate of drug-likeness (QED) is 0.622. The molecule has 0 N–H and O–H groups in total. The van der Waals surface area contributed by atoms with E-state index in [9.17, 15) is 0 Å². The lowest BCUT2D eigenvalue weighted by Crippen LogP contribution is -1.95. The number of aryl methyl sites for hydroxylation is 2. The first-order valence-electron chi connectivity index (χ1n) is 3.66. The molecule has 0 fully saturated rings. The average Bonchev–Trinajstić information content (AvgIpc) is 2.33. The first kappa shape index (κ1) is 7.55. The summed E-state index contributed by atoms with van der Waals surface area (Å²) in [6.45, 7) is 3.91. The lowest BCUT2D eigenvalue weighted by atomic mass is 10.3. The van der Waals surface area contributed by atoms with Gasteiger partial charge in [0.1, 0.15) is 5.15 Å². The van der Waals surface area contributed by atoms with Crippen LogP contribution in [-0.4, -0.2) is 14.6 Å². The van der Waals surface area contributed by atoms with Gasteiger partial charge in [0.15, 0.2) is 5.65 Å². The molecular formula is C8H8ClN3. The minimum absolute atomic E-state index is 0.501. The molecule has 0 aromatic carbocycles. The molecule has 0 saturated heterocycles. The van der Waals surface area contributed by atoms with E-state index in [0.717, 1.165) is 16.9 Å². The van der Waals surface area contributed by atoms with E-state index in [1.807, 2.05) is 19.9 Å². The predicted molar refractivity (Wildman–Crippen MR) is 47.5 cm³/mol. The molecule has 4 heteroatoms. The molecule has 0 unspecified atom stereocenters. The van der Waals surface area contributed by atoms with Crippen molar-refractivity contribution in [1.29, 1.82) is 0 Å². The van der Waals surface area contributed by atoms with Gasteiger partial charge in [0.25, 0.3) is 0 Å². The number of nitrogens with zero attached hydrogens (tertiary/aromatic N) is 3. The van der Waals surface area contributed by atoms with Gasteiger partial charge in [-0.05, 0) is 25.5 Å². The molecule has 2 aromatic rings. The number of aromatic nitrogens is 3. The Kier molecular flexibility index (Phi) is 1.54. The molecule has 0 aliphatic heterocycles. The molecule has 0 aliphatic carbocycles. The van der Waals surface area contributed by atoms with Gasteiger partial charge in [-0.25, -0.2) is 9.50 Å². The zero-order chi connectivity index (χ0) is 8.72. The Morgan fingerprint density at radius 3 is 2.92 bits per heavy atom. The number of hydrogen-bond donors (Lipinski definition) is 0. The summed E-state index contributed by atoms with van der Waals surface area (Å²) in [7, 11) is 0. The second-order valence-electron chi connectivity index (χ2n) is 2.79. The van der Waals surface area contributed by atoms with Crippen LogP contribution < -0.4 is 0 Å². The Hall–Kier alpha value is -1.09. The van der Waals surface area contributed by atoms with Crippen LogP contribution in [0.1, 0.15) is 11.3 Å². The van der Waals surface area contributed by atoms with E-state index in [1.165, 1.54) is 0 Å². The van der Waals surface area contributed by atoms with Crippen LogP contribution in [0.15, 0.2) is 12.3 Å². The monoisotopic (exact) mass is 181 g/mol. The van der Waals surface area contributed by atoms with E-state index in [1.54, 1.807) is 10.7 Å². The van der Waals surface area contributed by atoms with E-state index in [0.29, 0.717) is 5.15 Å². The lowest BCUT2D eigenvalue weighted by Gasteiger charge is -1.98. The first-order chi connectivity index (χ1) is 5.68. The largest absolute Gasteiger partial charge is 0.235 e. The fraction of sp³-hybridized carbons (Fsp3) is 0.250. The molecule has 2 aromatic heterocycles. The van der Waals surface area contributed by atoms with Gasteiger partial charge in [0, 0.05) is 0 Å².